The van der Waals surface area contributed by atoms with Gasteiger partial charge in [-0.15, -0.1) is 10.2 Å². The number of halogens is 3. The molecule has 2 fully saturated rings. The Hall–Kier alpha value is -3.93. The highest BCUT2D eigenvalue weighted by molar-refractivity contribution is 6.10. The molecule has 1 aliphatic heterocycles. The van der Waals surface area contributed by atoms with Crippen LogP contribution in [0.1, 0.15) is 98.2 Å². The summed E-state index contributed by atoms with van der Waals surface area (Å²) >= 11 is 0. The third-order valence-corrected chi connectivity index (χ3v) is 9.86. The first-order chi connectivity index (χ1) is 21.5. The van der Waals surface area contributed by atoms with Gasteiger partial charge >= 0.3 is 12.3 Å². The molecule has 1 aromatic heterocycles. The minimum atomic E-state index is -4.71. The van der Waals surface area contributed by atoms with Crippen molar-refractivity contribution in [3.8, 4) is 0 Å². The molecule has 3 aliphatic rings. The molecule has 2 aromatic carbocycles. The molecule has 246 valence electrons. The smallest absolute Gasteiger partial charge is 0.416 e. The average molecular weight is 640 g/mol. The molecule has 2 saturated carbocycles. The summed E-state index contributed by atoms with van der Waals surface area (Å²) in [4.78, 5) is 30.0. The fourth-order valence-electron chi connectivity index (χ4n) is 6.94. The Morgan fingerprint density at radius 3 is 2.41 bits per heavy atom. The van der Waals surface area contributed by atoms with Crippen LogP contribution in [-0.2, 0) is 41.2 Å². The van der Waals surface area contributed by atoms with Crippen molar-refractivity contribution in [3.05, 3.63) is 76.4 Å². The topological polar surface area (TPSA) is 89.8 Å². The molecule has 0 saturated heterocycles. The Labute approximate surface area is 266 Å². The normalized spacial score (nSPS) is 22.2. The fraction of sp³-hybridized carbons (Fsp3) is 0.529. The maximum atomic E-state index is 14.6. The number of benzene rings is 2. The summed E-state index contributed by atoms with van der Waals surface area (Å²) in [5.74, 6) is 0.230. The van der Waals surface area contributed by atoms with Crippen LogP contribution in [0.25, 0.3) is 0 Å². The van der Waals surface area contributed by atoms with E-state index in [1.165, 1.54) is 15.9 Å². The quantitative estimate of drug-likeness (QED) is 0.284. The molecule has 0 unspecified atom stereocenters. The van der Waals surface area contributed by atoms with E-state index in [0.717, 1.165) is 36.7 Å². The van der Waals surface area contributed by atoms with Gasteiger partial charge in [-0.05, 0) is 101 Å². The van der Waals surface area contributed by atoms with Gasteiger partial charge in [-0.2, -0.15) is 13.2 Å². The predicted molar refractivity (Wildman–Crippen MR) is 164 cm³/mol. The monoisotopic (exact) mass is 639 g/mol. The molecule has 0 spiro atoms. The number of carbonyl (C=O) groups is 2. The summed E-state index contributed by atoms with van der Waals surface area (Å²) in [6.45, 7) is 6.91. The van der Waals surface area contributed by atoms with Crippen molar-refractivity contribution in [1.29, 1.82) is 0 Å². The average Bonchev–Trinajstić information content (AvgIpc) is 3.52. The molecule has 3 aromatic rings. The van der Waals surface area contributed by atoms with Gasteiger partial charge in [0, 0.05) is 37.5 Å². The minimum Gasteiger partial charge on any atom is -0.443 e. The lowest BCUT2D eigenvalue weighted by molar-refractivity contribution is -0.138. The third-order valence-electron chi connectivity index (χ3n) is 9.86. The van der Waals surface area contributed by atoms with Crippen molar-refractivity contribution in [2.75, 3.05) is 12.0 Å². The number of amides is 2. The number of alkyl halides is 3. The van der Waals surface area contributed by atoms with E-state index in [2.05, 4.69) is 10.2 Å². The maximum absolute atomic E-state index is 14.6. The molecule has 2 heterocycles. The van der Waals surface area contributed by atoms with Crippen molar-refractivity contribution in [2.24, 2.45) is 7.05 Å². The van der Waals surface area contributed by atoms with Gasteiger partial charge in [0.05, 0.1) is 23.6 Å². The Balaban J connectivity index is 1.34. The maximum Gasteiger partial charge on any atom is 0.416 e. The second-order valence-electron chi connectivity index (χ2n) is 14.2. The number of aromatic nitrogens is 3. The van der Waals surface area contributed by atoms with E-state index in [-0.39, 0.29) is 35.9 Å². The molecule has 2 aliphatic carbocycles. The van der Waals surface area contributed by atoms with Gasteiger partial charge in [0.25, 0.3) is 5.91 Å². The number of fused-ring (bicyclic) bond motifs is 1. The van der Waals surface area contributed by atoms with Gasteiger partial charge in [-0.1, -0.05) is 12.1 Å². The summed E-state index contributed by atoms with van der Waals surface area (Å²) in [5, 5.41) is 8.44. The van der Waals surface area contributed by atoms with Crippen LogP contribution in [0, 0.1) is 0 Å². The lowest BCUT2D eigenvalue weighted by atomic mass is 9.62. The summed E-state index contributed by atoms with van der Waals surface area (Å²) in [5.41, 5.74) is -1.22. The molecule has 9 nitrogen and oxygen atoms in total. The molecule has 46 heavy (non-hydrogen) atoms. The Bertz CT molecular complexity index is 1670. The van der Waals surface area contributed by atoms with Gasteiger partial charge in [0.2, 0.25) is 0 Å². The molecule has 0 bridgehead atoms. The first kappa shape index (κ1) is 32.0. The molecule has 0 atom stereocenters. The van der Waals surface area contributed by atoms with E-state index in [4.69, 9.17) is 9.47 Å². The number of aryl methyl sites for hydroxylation is 1. The van der Waals surface area contributed by atoms with Gasteiger partial charge < -0.3 is 18.9 Å². The van der Waals surface area contributed by atoms with Crippen molar-refractivity contribution in [3.63, 3.8) is 0 Å². The van der Waals surface area contributed by atoms with E-state index in [9.17, 15) is 22.8 Å². The number of hydrogen-bond donors (Lipinski definition) is 0. The number of anilines is 1. The molecular weight excluding hydrogens is 599 g/mol. The first-order valence-corrected chi connectivity index (χ1v) is 15.6. The summed E-state index contributed by atoms with van der Waals surface area (Å²) in [6.07, 6.45) is 0.104. The summed E-state index contributed by atoms with van der Waals surface area (Å²) in [7, 11) is 3.53. The first-order valence-electron chi connectivity index (χ1n) is 15.6. The molecule has 0 radical (unpaired) electrons. The standard InChI is InChI=1S/C34H40F3N5O4/c1-31(2,3)42(30(44)46-32(4)11-8-12-32)18-21-13-25-26(27(14-21)34(35,36)37)19-41(28(25)43)23-10-7-9-22(15-23)33(16-24(17-33)45-6)29-39-38-20-40(29)5/h7,9-10,13-15,20,24H,8,11-12,16-19H2,1-6H3. The highest BCUT2D eigenvalue weighted by atomic mass is 19.4. The molecule has 0 N–H and O–H groups in total. The summed E-state index contributed by atoms with van der Waals surface area (Å²) < 4.78 is 56.9. The molecule has 2 amide bonds. The van der Waals surface area contributed by atoms with E-state index < -0.39 is 40.3 Å². The van der Waals surface area contributed by atoms with Crippen molar-refractivity contribution < 1.29 is 32.2 Å². The predicted octanol–water partition coefficient (Wildman–Crippen LogP) is 6.77. The van der Waals surface area contributed by atoms with Gasteiger partial charge in [-0.25, -0.2) is 4.79 Å². The molecular formula is C34H40F3N5O4. The van der Waals surface area contributed by atoms with Crippen molar-refractivity contribution in [1.82, 2.24) is 19.7 Å². The third kappa shape index (κ3) is 5.54. The van der Waals surface area contributed by atoms with Crippen LogP contribution >= 0.6 is 0 Å². The van der Waals surface area contributed by atoms with Gasteiger partial charge in [-0.3, -0.25) is 9.69 Å². The number of hydrogen-bond acceptors (Lipinski definition) is 6. The Morgan fingerprint density at radius 2 is 1.85 bits per heavy atom. The number of methoxy groups -OCH3 is 1. The van der Waals surface area contributed by atoms with Crippen LogP contribution in [0.4, 0.5) is 23.7 Å². The Morgan fingerprint density at radius 1 is 1.13 bits per heavy atom. The van der Waals surface area contributed by atoms with Crippen molar-refractivity contribution >= 4 is 17.7 Å². The number of nitrogens with zero attached hydrogens (tertiary/aromatic N) is 5. The zero-order valence-corrected chi connectivity index (χ0v) is 27.1. The molecule has 6 rings (SSSR count). The largest absolute Gasteiger partial charge is 0.443 e. The van der Waals surface area contributed by atoms with Crippen LogP contribution in [0.15, 0.2) is 42.7 Å². The van der Waals surface area contributed by atoms with Crippen LogP contribution < -0.4 is 4.90 Å². The highest BCUT2D eigenvalue weighted by Crippen LogP contribution is 2.50. The second-order valence-corrected chi connectivity index (χ2v) is 14.2. The lowest BCUT2D eigenvalue weighted by Gasteiger charge is -2.46. The van der Waals surface area contributed by atoms with E-state index in [1.807, 2.05) is 36.7 Å². The number of carbonyl (C=O) groups excluding carboxylic acids is 2. The highest BCUT2D eigenvalue weighted by Gasteiger charge is 2.51. The number of rotatable bonds is 7. The van der Waals surface area contributed by atoms with Crippen LogP contribution in [0.2, 0.25) is 0 Å². The zero-order chi connectivity index (χ0) is 33.2. The van der Waals surface area contributed by atoms with E-state index in [0.29, 0.717) is 18.5 Å². The SMILES string of the molecule is COC1CC(c2cccc(N3Cc4c(cc(CN(C(=O)OC5(C)CCC5)C(C)(C)C)cc4C(F)(F)F)C3=O)c2)(c2nncn2C)C1. The van der Waals surface area contributed by atoms with Crippen LogP contribution in [-0.4, -0.2) is 56.0 Å². The number of ether oxygens (including phenoxy) is 2. The lowest BCUT2D eigenvalue weighted by Crippen LogP contribution is -2.49. The van der Waals surface area contributed by atoms with E-state index in [1.54, 1.807) is 40.3 Å². The van der Waals surface area contributed by atoms with Crippen LogP contribution in [0.5, 0.6) is 0 Å². The minimum absolute atomic E-state index is 0.0190. The summed E-state index contributed by atoms with van der Waals surface area (Å²) in [6, 6.07) is 9.90. The molecule has 12 heteroatoms. The van der Waals surface area contributed by atoms with Crippen molar-refractivity contribution in [2.45, 2.75) is 102 Å². The van der Waals surface area contributed by atoms with Gasteiger partial charge in [0.15, 0.2) is 0 Å². The zero-order valence-electron chi connectivity index (χ0n) is 27.1. The Kier molecular flexibility index (Phi) is 7.73. The second kappa shape index (κ2) is 11.1. The fourth-order valence-corrected chi connectivity index (χ4v) is 6.94. The van der Waals surface area contributed by atoms with Crippen LogP contribution in [0.3, 0.4) is 0 Å². The van der Waals surface area contributed by atoms with E-state index >= 15 is 0 Å². The van der Waals surface area contributed by atoms with Gasteiger partial charge in [0.1, 0.15) is 17.8 Å².